The Morgan fingerprint density at radius 2 is 1.11 bits per heavy atom. The van der Waals surface area contributed by atoms with Crippen LogP contribution in [-0.4, -0.2) is 17.1 Å². The summed E-state index contributed by atoms with van der Waals surface area (Å²) < 4.78 is 0. The van der Waals surface area contributed by atoms with Crippen LogP contribution in [0.25, 0.3) is 0 Å². The smallest absolute Gasteiger partial charge is 0.255 e. The zero-order valence-electron chi connectivity index (χ0n) is 26.6. The molecule has 0 aliphatic rings. The van der Waals surface area contributed by atoms with Gasteiger partial charge < -0.3 is 10.4 Å². The standard InChI is InChI=1S/C35H63NO2/c1-9-11-13-15-17-19-21-23-25-29(24-22-20-18-16-14-12-10-2)36-33(38)32-30(35(6,7)8)26-28(27-31(32)37)34(3,4)5/h26-27,29,37H,9-25H2,1-8H3,(H,36,38). The topological polar surface area (TPSA) is 49.3 Å². The second kappa shape index (κ2) is 18.0. The monoisotopic (exact) mass is 529 g/mol. The van der Waals surface area contributed by atoms with Gasteiger partial charge in [0.2, 0.25) is 0 Å². The summed E-state index contributed by atoms with van der Waals surface area (Å²) in [6.45, 7) is 17.4. The maximum absolute atomic E-state index is 13.7. The average Bonchev–Trinajstić information content (AvgIpc) is 2.83. The molecule has 0 radical (unpaired) electrons. The van der Waals surface area contributed by atoms with Gasteiger partial charge in [0, 0.05) is 6.04 Å². The van der Waals surface area contributed by atoms with E-state index in [-0.39, 0.29) is 28.5 Å². The number of phenolic OH excluding ortho intramolecular Hbond substituents is 1. The zero-order chi connectivity index (χ0) is 28.6. The Labute approximate surface area is 237 Å². The molecule has 3 nitrogen and oxygen atoms in total. The van der Waals surface area contributed by atoms with Crippen molar-refractivity contribution in [3.63, 3.8) is 0 Å². The third kappa shape index (κ3) is 13.5. The number of nitrogens with one attached hydrogen (secondary N) is 1. The van der Waals surface area contributed by atoms with Crippen LogP contribution in [0.2, 0.25) is 0 Å². The highest BCUT2D eigenvalue weighted by Crippen LogP contribution is 2.36. The molecule has 1 aromatic rings. The minimum atomic E-state index is -0.239. The Kier molecular flexibility index (Phi) is 16.3. The third-order valence-corrected chi connectivity index (χ3v) is 7.92. The number of carbonyl (C=O) groups is 1. The molecule has 0 heterocycles. The molecule has 0 aliphatic carbocycles. The molecule has 3 heteroatoms. The number of hydrogen-bond acceptors (Lipinski definition) is 2. The molecule has 0 bridgehead atoms. The molecule has 220 valence electrons. The van der Waals surface area contributed by atoms with E-state index in [1.165, 1.54) is 83.5 Å². The van der Waals surface area contributed by atoms with Crippen LogP contribution in [-0.2, 0) is 10.8 Å². The summed E-state index contributed by atoms with van der Waals surface area (Å²) in [5, 5.41) is 14.4. The average molecular weight is 530 g/mol. The van der Waals surface area contributed by atoms with Crippen molar-refractivity contribution in [2.24, 2.45) is 0 Å². The largest absolute Gasteiger partial charge is 0.507 e. The number of hydrogen-bond donors (Lipinski definition) is 2. The van der Waals surface area contributed by atoms with Crippen molar-refractivity contribution < 1.29 is 9.90 Å². The minimum absolute atomic E-state index is 0.0946. The van der Waals surface area contributed by atoms with Crippen molar-refractivity contribution in [3.05, 3.63) is 28.8 Å². The number of benzene rings is 1. The molecule has 38 heavy (non-hydrogen) atoms. The molecule has 1 amide bonds. The summed E-state index contributed by atoms with van der Waals surface area (Å²) in [6.07, 6.45) is 21.4. The Bertz CT molecular complexity index is 784. The molecule has 1 aromatic carbocycles. The molecule has 1 atom stereocenters. The quantitative estimate of drug-likeness (QED) is 0.175. The molecule has 2 N–H and O–H groups in total. The summed E-state index contributed by atoms with van der Waals surface area (Å²) in [7, 11) is 0. The van der Waals surface area contributed by atoms with Crippen molar-refractivity contribution in [2.75, 3.05) is 0 Å². The zero-order valence-corrected chi connectivity index (χ0v) is 26.6. The fraction of sp³-hybridized carbons (Fsp3) is 0.800. The molecule has 0 spiro atoms. The van der Waals surface area contributed by atoms with Crippen molar-refractivity contribution in [3.8, 4) is 5.75 Å². The van der Waals surface area contributed by atoms with E-state index in [9.17, 15) is 9.90 Å². The number of amides is 1. The molecule has 1 unspecified atom stereocenters. The highest BCUT2D eigenvalue weighted by atomic mass is 16.3. The van der Waals surface area contributed by atoms with E-state index in [0.717, 1.165) is 36.8 Å². The van der Waals surface area contributed by atoms with Crippen LogP contribution in [0.4, 0.5) is 0 Å². The van der Waals surface area contributed by atoms with Crippen LogP contribution in [0.1, 0.15) is 186 Å². The van der Waals surface area contributed by atoms with Gasteiger partial charge in [-0.2, -0.15) is 0 Å². The second-order valence-electron chi connectivity index (χ2n) is 13.8. The molecule has 0 aliphatic heterocycles. The highest BCUT2D eigenvalue weighted by molar-refractivity contribution is 5.99. The maximum atomic E-state index is 13.7. The molecule has 0 aromatic heterocycles. The van der Waals surface area contributed by atoms with Crippen LogP contribution < -0.4 is 5.32 Å². The number of phenols is 1. The molecule has 1 rings (SSSR count). The van der Waals surface area contributed by atoms with Gasteiger partial charge in [-0.25, -0.2) is 0 Å². The van der Waals surface area contributed by atoms with Crippen LogP contribution >= 0.6 is 0 Å². The van der Waals surface area contributed by atoms with Gasteiger partial charge in [-0.1, -0.05) is 158 Å². The van der Waals surface area contributed by atoms with Crippen molar-refractivity contribution in [2.45, 2.75) is 181 Å². The molecular formula is C35H63NO2. The summed E-state index contributed by atoms with van der Waals surface area (Å²) in [5.74, 6) is 0.00185. The first-order valence-corrected chi connectivity index (χ1v) is 16.1. The normalized spacial score (nSPS) is 13.1. The second-order valence-corrected chi connectivity index (χ2v) is 13.8. The van der Waals surface area contributed by atoms with Gasteiger partial charge in [0.05, 0.1) is 5.56 Å². The SMILES string of the molecule is CCCCCCCCCCC(CCCCCCCCC)NC(=O)c1c(O)cc(C(C)(C)C)cc1C(C)(C)C. The maximum Gasteiger partial charge on any atom is 0.255 e. The van der Waals surface area contributed by atoms with Crippen LogP contribution in [0.15, 0.2) is 12.1 Å². The molecule has 0 fully saturated rings. The number of carbonyl (C=O) groups excluding carboxylic acids is 1. The predicted molar refractivity (Wildman–Crippen MR) is 167 cm³/mol. The first-order chi connectivity index (χ1) is 17.9. The van der Waals surface area contributed by atoms with Crippen LogP contribution in [0.3, 0.4) is 0 Å². The van der Waals surface area contributed by atoms with E-state index in [0.29, 0.717) is 5.56 Å². The van der Waals surface area contributed by atoms with Gasteiger partial charge in [0.1, 0.15) is 5.75 Å². The van der Waals surface area contributed by atoms with E-state index in [4.69, 9.17) is 0 Å². The summed E-state index contributed by atoms with van der Waals surface area (Å²) >= 11 is 0. The first-order valence-electron chi connectivity index (χ1n) is 16.1. The number of unbranched alkanes of at least 4 members (excludes halogenated alkanes) is 13. The van der Waals surface area contributed by atoms with Gasteiger partial charge >= 0.3 is 0 Å². The van der Waals surface area contributed by atoms with Gasteiger partial charge in [0.15, 0.2) is 0 Å². The molecular weight excluding hydrogens is 466 g/mol. The summed E-state index contributed by atoms with van der Waals surface area (Å²) in [6, 6.07) is 4.11. The van der Waals surface area contributed by atoms with E-state index in [1.54, 1.807) is 6.07 Å². The lowest BCUT2D eigenvalue weighted by atomic mass is 9.78. The van der Waals surface area contributed by atoms with E-state index < -0.39 is 0 Å². The fourth-order valence-corrected chi connectivity index (χ4v) is 5.31. The number of aromatic hydroxyl groups is 1. The van der Waals surface area contributed by atoms with Gasteiger partial charge in [-0.15, -0.1) is 0 Å². The van der Waals surface area contributed by atoms with Crippen molar-refractivity contribution in [1.82, 2.24) is 5.32 Å². The first kappa shape index (κ1) is 34.5. The highest BCUT2D eigenvalue weighted by Gasteiger charge is 2.29. The predicted octanol–water partition coefficient (Wildman–Crippen LogP) is 10.8. The lowest BCUT2D eigenvalue weighted by Gasteiger charge is -2.29. The minimum Gasteiger partial charge on any atom is -0.507 e. The van der Waals surface area contributed by atoms with Gasteiger partial charge in [-0.05, 0) is 40.9 Å². The lowest BCUT2D eigenvalue weighted by molar-refractivity contribution is 0.0926. The third-order valence-electron chi connectivity index (χ3n) is 7.92. The molecule has 0 saturated heterocycles. The molecule has 0 saturated carbocycles. The van der Waals surface area contributed by atoms with Gasteiger partial charge in [0.25, 0.3) is 5.91 Å². The van der Waals surface area contributed by atoms with Crippen molar-refractivity contribution in [1.29, 1.82) is 0 Å². The summed E-state index contributed by atoms with van der Waals surface area (Å²) in [4.78, 5) is 13.7. The van der Waals surface area contributed by atoms with Crippen molar-refractivity contribution >= 4 is 5.91 Å². The van der Waals surface area contributed by atoms with Crippen LogP contribution in [0, 0.1) is 0 Å². The summed E-state index contributed by atoms with van der Waals surface area (Å²) in [5.41, 5.74) is 2.13. The lowest BCUT2D eigenvalue weighted by Crippen LogP contribution is -2.36. The fourth-order valence-electron chi connectivity index (χ4n) is 5.31. The van der Waals surface area contributed by atoms with E-state index in [2.05, 4.69) is 66.8 Å². The Morgan fingerprint density at radius 3 is 1.50 bits per heavy atom. The van der Waals surface area contributed by atoms with E-state index >= 15 is 0 Å². The Balaban J connectivity index is 2.88. The van der Waals surface area contributed by atoms with Crippen LogP contribution in [0.5, 0.6) is 5.75 Å². The van der Waals surface area contributed by atoms with E-state index in [1.807, 2.05) is 0 Å². The number of rotatable bonds is 19. The Hall–Kier alpha value is -1.51. The Morgan fingerprint density at radius 1 is 0.684 bits per heavy atom. The van der Waals surface area contributed by atoms with Gasteiger partial charge in [-0.3, -0.25) is 4.79 Å².